The van der Waals surface area contributed by atoms with Gasteiger partial charge < -0.3 is 15.8 Å². The van der Waals surface area contributed by atoms with Crippen molar-refractivity contribution in [2.45, 2.75) is 0 Å². The van der Waals surface area contributed by atoms with Gasteiger partial charge in [-0.3, -0.25) is 0 Å². The van der Waals surface area contributed by atoms with Crippen LogP contribution < -0.4 is 11.1 Å². The van der Waals surface area contributed by atoms with Crippen LogP contribution in [0, 0.1) is 5.82 Å². The molecule has 2 aromatic rings. The number of esters is 1. The monoisotopic (exact) mass is 339 g/mol. The zero-order chi connectivity index (χ0) is 14.7. The van der Waals surface area contributed by atoms with Crippen LogP contribution in [-0.2, 0) is 4.74 Å². The Morgan fingerprint density at radius 1 is 1.45 bits per heavy atom. The molecule has 0 fully saturated rings. The highest BCUT2D eigenvalue weighted by atomic mass is 79.9. The third-order valence-electron chi connectivity index (χ3n) is 2.50. The van der Waals surface area contributed by atoms with E-state index in [0.29, 0.717) is 10.2 Å². The summed E-state index contributed by atoms with van der Waals surface area (Å²) in [5.41, 5.74) is 6.22. The lowest BCUT2D eigenvalue weighted by molar-refractivity contribution is 0.0601. The summed E-state index contributed by atoms with van der Waals surface area (Å²) in [5.74, 6) is -0.911. The van der Waals surface area contributed by atoms with Gasteiger partial charge in [0.2, 0.25) is 0 Å². The van der Waals surface area contributed by atoms with Crippen LogP contribution in [0.4, 0.5) is 21.6 Å². The molecule has 1 aromatic carbocycles. The number of nitrogens with two attached hydrogens (primary N) is 1. The SMILES string of the molecule is COC(=O)c1cc(N)cnc1Nc1ccc(Br)cc1F. The minimum Gasteiger partial charge on any atom is -0.465 e. The normalized spacial score (nSPS) is 10.2. The van der Waals surface area contributed by atoms with Crippen LogP contribution in [0.5, 0.6) is 0 Å². The predicted molar refractivity (Wildman–Crippen MR) is 77.4 cm³/mol. The molecule has 0 aliphatic heterocycles. The molecule has 1 aromatic heterocycles. The molecule has 0 aliphatic carbocycles. The van der Waals surface area contributed by atoms with Gasteiger partial charge in [0, 0.05) is 4.47 Å². The van der Waals surface area contributed by atoms with E-state index in [9.17, 15) is 9.18 Å². The van der Waals surface area contributed by atoms with Crippen molar-refractivity contribution in [1.82, 2.24) is 4.98 Å². The van der Waals surface area contributed by atoms with Crippen LogP contribution in [0.15, 0.2) is 34.9 Å². The van der Waals surface area contributed by atoms with Gasteiger partial charge in [-0.05, 0) is 24.3 Å². The summed E-state index contributed by atoms with van der Waals surface area (Å²) in [6, 6.07) is 5.91. The zero-order valence-electron chi connectivity index (χ0n) is 10.5. The number of hydrogen-bond donors (Lipinski definition) is 2. The van der Waals surface area contributed by atoms with Gasteiger partial charge in [-0.2, -0.15) is 0 Å². The fraction of sp³-hybridized carbons (Fsp3) is 0.0769. The molecule has 1 heterocycles. The Morgan fingerprint density at radius 2 is 2.20 bits per heavy atom. The second-order valence-corrected chi connectivity index (χ2v) is 4.82. The van der Waals surface area contributed by atoms with E-state index in [1.165, 1.54) is 31.5 Å². The highest BCUT2D eigenvalue weighted by Crippen LogP contribution is 2.25. The molecule has 7 heteroatoms. The number of anilines is 3. The number of nitrogens with one attached hydrogen (secondary N) is 1. The number of rotatable bonds is 3. The van der Waals surface area contributed by atoms with Gasteiger partial charge in [0.05, 0.1) is 24.7 Å². The number of carbonyl (C=O) groups is 1. The first-order chi connectivity index (χ1) is 9.51. The average molecular weight is 340 g/mol. The topological polar surface area (TPSA) is 77.2 Å². The van der Waals surface area contributed by atoms with Crippen molar-refractivity contribution in [2.75, 3.05) is 18.2 Å². The molecule has 5 nitrogen and oxygen atoms in total. The van der Waals surface area contributed by atoms with Crippen LogP contribution in [-0.4, -0.2) is 18.1 Å². The molecule has 0 spiro atoms. The van der Waals surface area contributed by atoms with Gasteiger partial charge in [-0.1, -0.05) is 15.9 Å². The third kappa shape index (κ3) is 3.05. The van der Waals surface area contributed by atoms with E-state index in [4.69, 9.17) is 5.73 Å². The molecule has 104 valence electrons. The number of pyridine rings is 1. The zero-order valence-corrected chi connectivity index (χ0v) is 12.1. The van der Waals surface area contributed by atoms with Crippen LogP contribution in [0.3, 0.4) is 0 Å². The number of benzene rings is 1. The lowest BCUT2D eigenvalue weighted by Gasteiger charge is -2.11. The highest BCUT2D eigenvalue weighted by molar-refractivity contribution is 9.10. The Morgan fingerprint density at radius 3 is 2.85 bits per heavy atom. The molecular formula is C13H11BrFN3O2. The largest absolute Gasteiger partial charge is 0.465 e. The van der Waals surface area contributed by atoms with E-state index in [1.807, 2.05) is 0 Å². The Bertz CT molecular complexity index is 664. The van der Waals surface area contributed by atoms with E-state index in [2.05, 4.69) is 31.0 Å². The van der Waals surface area contributed by atoms with Gasteiger partial charge >= 0.3 is 5.97 Å². The summed E-state index contributed by atoms with van der Waals surface area (Å²) >= 11 is 3.17. The van der Waals surface area contributed by atoms with Crippen molar-refractivity contribution in [3.63, 3.8) is 0 Å². The van der Waals surface area contributed by atoms with Crippen LogP contribution in [0.2, 0.25) is 0 Å². The molecule has 2 rings (SSSR count). The highest BCUT2D eigenvalue weighted by Gasteiger charge is 2.15. The minimum absolute atomic E-state index is 0.134. The molecule has 3 N–H and O–H groups in total. The van der Waals surface area contributed by atoms with E-state index in [-0.39, 0.29) is 17.1 Å². The van der Waals surface area contributed by atoms with Crippen molar-refractivity contribution in [2.24, 2.45) is 0 Å². The fourth-order valence-electron chi connectivity index (χ4n) is 1.56. The van der Waals surface area contributed by atoms with Gasteiger partial charge in [0.1, 0.15) is 17.2 Å². The Balaban J connectivity index is 2.40. The molecule has 0 amide bonds. The van der Waals surface area contributed by atoms with Gasteiger partial charge in [0.25, 0.3) is 0 Å². The summed E-state index contributed by atoms with van der Waals surface area (Å²) in [6.07, 6.45) is 1.37. The predicted octanol–water partition coefficient (Wildman–Crippen LogP) is 3.10. The lowest BCUT2D eigenvalue weighted by Crippen LogP contribution is -2.09. The summed E-state index contributed by atoms with van der Waals surface area (Å²) in [7, 11) is 1.25. The number of ether oxygens (including phenoxy) is 1. The van der Waals surface area contributed by atoms with Gasteiger partial charge in [-0.25, -0.2) is 14.2 Å². The van der Waals surface area contributed by atoms with Gasteiger partial charge in [-0.15, -0.1) is 0 Å². The summed E-state index contributed by atoms with van der Waals surface area (Å²) in [6.45, 7) is 0. The average Bonchev–Trinajstić information content (AvgIpc) is 2.42. The Labute approximate surface area is 123 Å². The van der Waals surface area contributed by atoms with Crippen molar-refractivity contribution in [3.8, 4) is 0 Å². The molecule has 20 heavy (non-hydrogen) atoms. The maximum absolute atomic E-state index is 13.8. The Hall–Kier alpha value is -2.15. The minimum atomic E-state index is -0.607. The smallest absolute Gasteiger partial charge is 0.341 e. The summed E-state index contributed by atoms with van der Waals surface area (Å²) in [4.78, 5) is 15.6. The second-order valence-electron chi connectivity index (χ2n) is 3.91. The van der Waals surface area contributed by atoms with E-state index >= 15 is 0 Å². The first-order valence-corrected chi connectivity index (χ1v) is 6.36. The standard InChI is InChI=1S/C13H11BrFN3O2/c1-20-13(19)9-5-8(16)6-17-12(9)18-11-3-2-7(14)4-10(11)15/h2-6H,16H2,1H3,(H,17,18). The molecule has 0 saturated carbocycles. The molecule has 0 unspecified atom stereocenters. The van der Waals surface area contributed by atoms with Gasteiger partial charge in [0.15, 0.2) is 0 Å². The van der Waals surface area contributed by atoms with E-state index in [0.717, 1.165) is 0 Å². The number of nitrogens with zero attached hydrogens (tertiary/aromatic N) is 1. The quantitative estimate of drug-likeness (QED) is 0.840. The third-order valence-corrected chi connectivity index (χ3v) is 2.99. The number of hydrogen-bond acceptors (Lipinski definition) is 5. The van der Waals surface area contributed by atoms with Crippen LogP contribution >= 0.6 is 15.9 Å². The van der Waals surface area contributed by atoms with Crippen molar-refractivity contribution >= 4 is 39.1 Å². The molecular weight excluding hydrogens is 329 g/mol. The van der Waals surface area contributed by atoms with Crippen LogP contribution in [0.25, 0.3) is 0 Å². The number of halogens is 2. The fourth-order valence-corrected chi connectivity index (χ4v) is 1.90. The van der Waals surface area contributed by atoms with E-state index < -0.39 is 11.8 Å². The maximum atomic E-state index is 13.8. The first-order valence-electron chi connectivity index (χ1n) is 5.57. The lowest BCUT2D eigenvalue weighted by atomic mass is 10.2. The molecule has 0 atom stereocenters. The number of aromatic nitrogens is 1. The maximum Gasteiger partial charge on any atom is 0.341 e. The molecule has 0 aliphatic rings. The Kier molecular flexibility index (Phi) is 4.19. The second kappa shape index (κ2) is 5.87. The number of carbonyl (C=O) groups excluding carboxylic acids is 1. The van der Waals surface area contributed by atoms with E-state index in [1.54, 1.807) is 6.07 Å². The molecule has 0 bridgehead atoms. The van der Waals surface area contributed by atoms with Crippen molar-refractivity contribution in [1.29, 1.82) is 0 Å². The summed E-state index contributed by atoms with van der Waals surface area (Å²) in [5, 5.41) is 2.75. The van der Waals surface area contributed by atoms with Crippen molar-refractivity contribution in [3.05, 3.63) is 46.3 Å². The first kappa shape index (κ1) is 14.3. The van der Waals surface area contributed by atoms with Crippen LogP contribution in [0.1, 0.15) is 10.4 Å². The summed E-state index contributed by atoms with van der Waals surface area (Å²) < 4.78 is 19.0. The molecule has 0 saturated heterocycles. The van der Waals surface area contributed by atoms with Crippen molar-refractivity contribution < 1.29 is 13.9 Å². The number of methoxy groups -OCH3 is 1. The molecule has 0 radical (unpaired) electrons. The number of nitrogen functional groups attached to an aromatic ring is 1.